The maximum atomic E-state index is 6.23. The third-order valence-electron chi connectivity index (χ3n) is 2.97. The van der Waals surface area contributed by atoms with Crippen LogP contribution in [0.15, 0.2) is 46.9 Å². The Morgan fingerprint density at radius 1 is 1.26 bits per heavy atom. The van der Waals surface area contributed by atoms with Gasteiger partial charge in [-0.1, -0.05) is 35.9 Å². The summed E-state index contributed by atoms with van der Waals surface area (Å²) in [6.45, 7) is 2.54. The molecule has 2 aromatic carbocycles. The van der Waals surface area contributed by atoms with E-state index in [0.29, 0.717) is 6.54 Å². The molecule has 0 spiro atoms. The van der Waals surface area contributed by atoms with Crippen molar-refractivity contribution in [2.75, 3.05) is 11.9 Å². The van der Waals surface area contributed by atoms with Crippen LogP contribution >= 0.6 is 27.5 Å². The van der Waals surface area contributed by atoms with Gasteiger partial charge in [-0.2, -0.15) is 0 Å². The Bertz CT molecular complexity index is 572. The first-order chi connectivity index (χ1) is 9.11. The summed E-state index contributed by atoms with van der Waals surface area (Å²) in [5, 5.41) is 4.17. The first-order valence-electron chi connectivity index (χ1n) is 6.09. The summed E-state index contributed by atoms with van der Waals surface area (Å²) < 4.78 is 1.02. The Balaban J connectivity index is 2.29. The van der Waals surface area contributed by atoms with Crippen molar-refractivity contribution in [3.63, 3.8) is 0 Å². The Hall–Kier alpha value is -1.03. The molecule has 0 aliphatic heterocycles. The number of hydrogen-bond donors (Lipinski definition) is 2. The molecule has 3 N–H and O–H groups in total. The standard InChI is InChI=1S/C15H16BrClN2/c1-10-6-7-12(16)14(8-10)19-15(9-18)11-4-2-3-5-13(11)17/h2-8,15,19H,9,18H2,1H3. The molecule has 100 valence electrons. The van der Waals surface area contributed by atoms with Gasteiger partial charge in [-0.05, 0) is 52.2 Å². The van der Waals surface area contributed by atoms with Crippen LogP contribution < -0.4 is 11.1 Å². The van der Waals surface area contributed by atoms with Crippen LogP contribution in [0.4, 0.5) is 5.69 Å². The Morgan fingerprint density at radius 2 is 2.00 bits per heavy atom. The second kappa shape index (κ2) is 6.42. The lowest BCUT2D eigenvalue weighted by atomic mass is 10.1. The fourth-order valence-corrected chi connectivity index (χ4v) is 2.59. The predicted octanol–water partition coefficient (Wildman–Crippen LogP) is 4.52. The maximum Gasteiger partial charge on any atom is 0.0651 e. The Morgan fingerprint density at radius 3 is 2.68 bits per heavy atom. The van der Waals surface area contributed by atoms with Crippen LogP contribution in [0, 0.1) is 6.92 Å². The van der Waals surface area contributed by atoms with E-state index in [2.05, 4.69) is 40.3 Å². The molecule has 0 aliphatic carbocycles. The van der Waals surface area contributed by atoms with Crippen molar-refractivity contribution in [2.24, 2.45) is 5.73 Å². The molecular weight excluding hydrogens is 324 g/mol. The van der Waals surface area contributed by atoms with E-state index in [4.69, 9.17) is 17.3 Å². The number of aryl methyl sites for hydroxylation is 1. The molecule has 0 radical (unpaired) electrons. The van der Waals surface area contributed by atoms with E-state index < -0.39 is 0 Å². The first kappa shape index (κ1) is 14.4. The van der Waals surface area contributed by atoms with Crippen LogP contribution in [0.25, 0.3) is 0 Å². The first-order valence-corrected chi connectivity index (χ1v) is 7.26. The van der Waals surface area contributed by atoms with Gasteiger partial charge in [0.15, 0.2) is 0 Å². The summed E-state index contributed by atoms with van der Waals surface area (Å²) in [6.07, 6.45) is 0. The SMILES string of the molecule is Cc1ccc(Br)c(NC(CN)c2ccccc2Cl)c1. The molecule has 0 saturated heterocycles. The average molecular weight is 340 g/mol. The van der Waals surface area contributed by atoms with Gasteiger partial charge in [0.1, 0.15) is 0 Å². The number of nitrogens with one attached hydrogen (secondary N) is 1. The van der Waals surface area contributed by atoms with Crippen LogP contribution in [0.1, 0.15) is 17.2 Å². The third kappa shape index (κ3) is 3.50. The van der Waals surface area contributed by atoms with Gasteiger partial charge in [0.25, 0.3) is 0 Å². The van der Waals surface area contributed by atoms with Gasteiger partial charge in [-0.15, -0.1) is 0 Å². The molecule has 4 heteroatoms. The van der Waals surface area contributed by atoms with Gasteiger partial charge in [0.05, 0.1) is 6.04 Å². The number of benzene rings is 2. The highest BCUT2D eigenvalue weighted by Gasteiger charge is 2.13. The number of hydrogen-bond acceptors (Lipinski definition) is 2. The fraction of sp³-hybridized carbons (Fsp3) is 0.200. The lowest BCUT2D eigenvalue weighted by molar-refractivity contribution is 0.789. The monoisotopic (exact) mass is 338 g/mol. The fourth-order valence-electron chi connectivity index (χ4n) is 1.96. The van der Waals surface area contributed by atoms with Crippen molar-refractivity contribution in [1.29, 1.82) is 0 Å². The molecule has 0 fully saturated rings. The Kier molecular flexibility index (Phi) is 4.86. The van der Waals surface area contributed by atoms with Gasteiger partial charge in [-0.25, -0.2) is 0 Å². The summed E-state index contributed by atoms with van der Waals surface area (Å²) in [4.78, 5) is 0. The second-order valence-corrected chi connectivity index (χ2v) is 5.70. The summed E-state index contributed by atoms with van der Waals surface area (Å²) in [5.41, 5.74) is 9.11. The largest absolute Gasteiger partial charge is 0.376 e. The van der Waals surface area contributed by atoms with Crippen molar-refractivity contribution in [2.45, 2.75) is 13.0 Å². The highest BCUT2D eigenvalue weighted by Crippen LogP contribution is 2.29. The second-order valence-electron chi connectivity index (χ2n) is 4.44. The number of halogens is 2. The molecule has 1 atom stereocenters. The molecule has 2 nitrogen and oxygen atoms in total. The predicted molar refractivity (Wildman–Crippen MR) is 85.7 cm³/mol. The minimum Gasteiger partial charge on any atom is -0.376 e. The number of nitrogens with two attached hydrogens (primary N) is 1. The normalized spacial score (nSPS) is 12.2. The van der Waals surface area contributed by atoms with Crippen molar-refractivity contribution >= 4 is 33.2 Å². The van der Waals surface area contributed by atoms with E-state index in [1.54, 1.807) is 0 Å². The molecule has 0 bridgehead atoms. The van der Waals surface area contributed by atoms with Crippen molar-refractivity contribution in [3.8, 4) is 0 Å². The summed E-state index contributed by atoms with van der Waals surface area (Å²) in [7, 11) is 0. The van der Waals surface area contributed by atoms with Crippen LogP contribution in [0.3, 0.4) is 0 Å². The lowest BCUT2D eigenvalue weighted by Gasteiger charge is -2.21. The van der Waals surface area contributed by atoms with Gasteiger partial charge in [0, 0.05) is 21.7 Å². The minimum atomic E-state index is -0.00759. The zero-order valence-electron chi connectivity index (χ0n) is 10.7. The van der Waals surface area contributed by atoms with Crippen molar-refractivity contribution < 1.29 is 0 Å². The van der Waals surface area contributed by atoms with Gasteiger partial charge in [0.2, 0.25) is 0 Å². The molecule has 0 aliphatic rings. The number of rotatable bonds is 4. The highest BCUT2D eigenvalue weighted by molar-refractivity contribution is 9.10. The molecule has 1 unspecified atom stereocenters. The molecule has 2 rings (SSSR count). The quantitative estimate of drug-likeness (QED) is 0.859. The smallest absolute Gasteiger partial charge is 0.0651 e. The van der Waals surface area contributed by atoms with Gasteiger partial charge >= 0.3 is 0 Å². The summed E-state index contributed by atoms with van der Waals surface area (Å²) >= 11 is 9.77. The van der Waals surface area contributed by atoms with Crippen LogP contribution in [-0.2, 0) is 0 Å². The van der Waals surface area contributed by atoms with Gasteiger partial charge < -0.3 is 11.1 Å². The van der Waals surface area contributed by atoms with Crippen molar-refractivity contribution in [1.82, 2.24) is 0 Å². The topological polar surface area (TPSA) is 38.0 Å². The Labute approximate surface area is 127 Å². The highest BCUT2D eigenvalue weighted by atomic mass is 79.9. The van der Waals surface area contributed by atoms with E-state index >= 15 is 0 Å². The van der Waals surface area contributed by atoms with Crippen LogP contribution in [0.2, 0.25) is 5.02 Å². The molecule has 0 amide bonds. The van der Waals surface area contributed by atoms with E-state index in [0.717, 1.165) is 20.7 Å². The van der Waals surface area contributed by atoms with E-state index in [-0.39, 0.29) is 6.04 Å². The third-order valence-corrected chi connectivity index (χ3v) is 4.00. The maximum absolute atomic E-state index is 6.23. The lowest BCUT2D eigenvalue weighted by Crippen LogP contribution is -2.21. The average Bonchev–Trinajstić information content (AvgIpc) is 2.41. The van der Waals surface area contributed by atoms with Crippen LogP contribution in [-0.4, -0.2) is 6.54 Å². The molecule has 2 aromatic rings. The summed E-state index contributed by atoms with van der Waals surface area (Å²) in [5.74, 6) is 0. The molecule has 19 heavy (non-hydrogen) atoms. The zero-order chi connectivity index (χ0) is 13.8. The van der Waals surface area contributed by atoms with E-state index in [1.807, 2.05) is 30.3 Å². The molecule has 0 aromatic heterocycles. The van der Waals surface area contributed by atoms with E-state index in [1.165, 1.54) is 5.56 Å². The van der Waals surface area contributed by atoms with Gasteiger partial charge in [-0.3, -0.25) is 0 Å². The molecular formula is C15H16BrClN2. The number of anilines is 1. The molecule has 0 heterocycles. The zero-order valence-corrected chi connectivity index (χ0v) is 13.0. The van der Waals surface area contributed by atoms with Crippen molar-refractivity contribution in [3.05, 3.63) is 63.1 Å². The van der Waals surface area contributed by atoms with E-state index in [9.17, 15) is 0 Å². The van der Waals surface area contributed by atoms with Crippen LogP contribution in [0.5, 0.6) is 0 Å². The minimum absolute atomic E-state index is 0.00759. The summed E-state index contributed by atoms with van der Waals surface area (Å²) in [6, 6.07) is 13.9. The molecule has 0 saturated carbocycles.